The van der Waals surface area contributed by atoms with Crippen LogP contribution >= 0.6 is 11.8 Å². The van der Waals surface area contributed by atoms with E-state index in [1.54, 1.807) is 40.4 Å². The molecule has 1 amide bonds. The van der Waals surface area contributed by atoms with Gasteiger partial charge in [0.15, 0.2) is 22.5 Å². The van der Waals surface area contributed by atoms with Crippen molar-refractivity contribution in [2.24, 2.45) is 0 Å². The molecular formula is C23H26F2N4O4S. The summed E-state index contributed by atoms with van der Waals surface area (Å²) in [5.41, 5.74) is 0.673. The van der Waals surface area contributed by atoms with E-state index >= 15 is 0 Å². The van der Waals surface area contributed by atoms with Gasteiger partial charge in [0.2, 0.25) is 5.91 Å². The molecule has 0 saturated heterocycles. The Bertz CT molecular complexity index is 1140. The van der Waals surface area contributed by atoms with Gasteiger partial charge in [0, 0.05) is 31.9 Å². The summed E-state index contributed by atoms with van der Waals surface area (Å²) in [6.07, 6.45) is 0.698. The maximum Gasteiger partial charge on any atom is 0.237 e. The molecule has 1 heterocycles. The second-order valence-corrected chi connectivity index (χ2v) is 8.56. The number of nitrogens with zero attached hydrogens (tertiary/aromatic N) is 3. The molecule has 0 aliphatic rings. The maximum atomic E-state index is 13.9. The number of hydrogen-bond donors (Lipinski definition) is 1. The summed E-state index contributed by atoms with van der Waals surface area (Å²) in [6, 6.07) is 8.41. The lowest BCUT2D eigenvalue weighted by Gasteiger charge is -2.15. The van der Waals surface area contributed by atoms with Gasteiger partial charge in [-0.05, 0) is 43.7 Å². The first-order chi connectivity index (χ1) is 16.4. The zero-order valence-corrected chi connectivity index (χ0v) is 20.1. The Labute approximate surface area is 200 Å². The molecule has 0 aliphatic carbocycles. The first-order valence-corrected chi connectivity index (χ1v) is 11.3. The Balaban J connectivity index is 1.84. The highest BCUT2D eigenvalue weighted by atomic mass is 32.2. The van der Waals surface area contributed by atoms with Crippen molar-refractivity contribution in [3.05, 3.63) is 48.0 Å². The van der Waals surface area contributed by atoms with Crippen molar-refractivity contribution < 1.29 is 27.8 Å². The molecule has 34 heavy (non-hydrogen) atoms. The largest absolute Gasteiger partial charge is 0.493 e. The van der Waals surface area contributed by atoms with Crippen molar-refractivity contribution in [2.45, 2.75) is 30.3 Å². The van der Waals surface area contributed by atoms with Crippen LogP contribution in [0.3, 0.4) is 0 Å². The van der Waals surface area contributed by atoms with Crippen LogP contribution in [0, 0.1) is 11.6 Å². The molecule has 0 aliphatic heterocycles. The standard InChI is InChI=1S/C23H26F2N4O4S/c1-14(22(30)26-18-8-7-16(24)13-17(18)25)34-23-28-27-21(29(23)10-5-11-31-2)15-6-9-19(32-3)20(12-15)33-4/h6-9,12-14H,5,10-11H2,1-4H3,(H,26,30). The van der Waals surface area contributed by atoms with Gasteiger partial charge in [-0.15, -0.1) is 10.2 Å². The summed E-state index contributed by atoms with van der Waals surface area (Å²) in [7, 11) is 4.73. The highest BCUT2D eigenvalue weighted by Crippen LogP contribution is 2.34. The van der Waals surface area contributed by atoms with Crippen molar-refractivity contribution in [2.75, 3.05) is 33.3 Å². The summed E-state index contributed by atoms with van der Waals surface area (Å²) in [5.74, 6) is -0.278. The van der Waals surface area contributed by atoms with Crippen LogP contribution in [0.15, 0.2) is 41.6 Å². The number of nitrogens with one attached hydrogen (secondary N) is 1. The number of thioether (sulfide) groups is 1. The summed E-state index contributed by atoms with van der Waals surface area (Å²) >= 11 is 1.18. The van der Waals surface area contributed by atoms with Gasteiger partial charge < -0.3 is 24.1 Å². The molecule has 1 atom stereocenters. The lowest BCUT2D eigenvalue weighted by atomic mass is 10.2. The van der Waals surface area contributed by atoms with Crippen LogP contribution in [0.2, 0.25) is 0 Å². The van der Waals surface area contributed by atoms with Gasteiger partial charge in [-0.25, -0.2) is 8.78 Å². The maximum absolute atomic E-state index is 13.9. The summed E-state index contributed by atoms with van der Waals surface area (Å²) < 4.78 is 44.8. The van der Waals surface area contributed by atoms with Crippen molar-refractivity contribution in [1.29, 1.82) is 0 Å². The van der Waals surface area contributed by atoms with Gasteiger partial charge in [0.05, 0.1) is 25.2 Å². The number of amides is 1. The molecule has 0 radical (unpaired) electrons. The number of aromatic nitrogens is 3. The van der Waals surface area contributed by atoms with Crippen molar-refractivity contribution in [1.82, 2.24) is 14.8 Å². The predicted octanol–water partition coefficient (Wildman–Crippen LogP) is 4.40. The fraction of sp³-hybridized carbons (Fsp3) is 0.348. The molecule has 1 unspecified atom stereocenters. The van der Waals surface area contributed by atoms with E-state index in [1.165, 1.54) is 17.8 Å². The number of rotatable bonds is 11. The zero-order valence-electron chi connectivity index (χ0n) is 19.3. The van der Waals surface area contributed by atoms with Crippen molar-refractivity contribution in [3.8, 4) is 22.9 Å². The molecule has 2 aromatic carbocycles. The topological polar surface area (TPSA) is 87.5 Å². The molecule has 3 aromatic rings. The Hall–Kier alpha value is -3.18. The average molecular weight is 493 g/mol. The van der Waals surface area contributed by atoms with Crippen LogP contribution in [0.1, 0.15) is 13.3 Å². The van der Waals surface area contributed by atoms with Crippen molar-refractivity contribution in [3.63, 3.8) is 0 Å². The van der Waals surface area contributed by atoms with Crippen molar-refractivity contribution >= 4 is 23.4 Å². The SMILES string of the molecule is COCCCn1c(SC(C)C(=O)Nc2ccc(F)cc2F)nnc1-c1ccc(OC)c(OC)c1. The third-order valence-corrected chi connectivity index (χ3v) is 6.01. The minimum absolute atomic E-state index is 0.0913. The number of hydrogen-bond acceptors (Lipinski definition) is 7. The highest BCUT2D eigenvalue weighted by Gasteiger charge is 2.22. The molecular weight excluding hydrogens is 466 g/mol. The normalized spacial score (nSPS) is 11.8. The molecule has 3 rings (SSSR count). The molecule has 8 nitrogen and oxygen atoms in total. The molecule has 182 valence electrons. The van der Waals surface area contributed by atoms with E-state index in [1.807, 2.05) is 10.6 Å². The summed E-state index contributed by atoms with van der Waals surface area (Å²) in [4.78, 5) is 12.7. The quantitative estimate of drug-likeness (QED) is 0.314. The van der Waals surface area contributed by atoms with E-state index in [9.17, 15) is 13.6 Å². The first kappa shape index (κ1) is 25.4. The predicted molar refractivity (Wildman–Crippen MR) is 125 cm³/mol. The molecule has 1 N–H and O–H groups in total. The van der Waals surface area contributed by atoms with Crippen LogP contribution in [0.25, 0.3) is 11.4 Å². The summed E-state index contributed by atoms with van der Waals surface area (Å²) in [6.45, 7) is 2.76. The van der Waals surface area contributed by atoms with Gasteiger partial charge in [-0.1, -0.05) is 11.8 Å². The van der Waals surface area contributed by atoms with Gasteiger partial charge in [-0.3, -0.25) is 4.79 Å². The molecule has 0 fully saturated rings. The molecule has 0 bridgehead atoms. The van der Waals surface area contributed by atoms with E-state index in [0.717, 1.165) is 17.7 Å². The van der Waals surface area contributed by atoms with E-state index in [0.29, 0.717) is 42.1 Å². The molecule has 1 aromatic heterocycles. The molecule has 0 spiro atoms. The van der Waals surface area contributed by atoms with Crippen LogP contribution in [-0.2, 0) is 16.1 Å². The van der Waals surface area contributed by atoms with Gasteiger partial charge in [0.1, 0.15) is 11.6 Å². The van der Waals surface area contributed by atoms with Gasteiger partial charge >= 0.3 is 0 Å². The Morgan fingerprint density at radius 3 is 2.53 bits per heavy atom. The first-order valence-electron chi connectivity index (χ1n) is 10.4. The molecule has 0 saturated carbocycles. The van der Waals surface area contributed by atoms with Crippen LogP contribution in [0.5, 0.6) is 11.5 Å². The summed E-state index contributed by atoms with van der Waals surface area (Å²) in [5, 5.41) is 11.0. The lowest BCUT2D eigenvalue weighted by molar-refractivity contribution is -0.115. The zero-order chi connectivity index (χ0) is 24.7. The number of carbonyl (C=O) groups excluding carboxylic acids is 1. The van der Waals surface area contributed by atoms with Crippen LogP contribution in [-0.4, -0.2) is 53.9 Å². The third kappa shape index (κ3) is 6.03. The van der Waals surface area contributed by atoms with Crippen LogP contribution < -0.4 is 14.8 Å². The minimum Gasteiger partial charge on any atom is -0.493 e. The Kier molecular flexibility index (Phi) is 8.83. The third-order valence-electron chi connectivity index (χ3n) is 4.93. The Morgan fingerprint density at radius 2 is 1.85 bits per heavy atom. The smallest absolute Gasteiger partial charge is 0.237 e. The monoisotopic (exact) mass is 492 g/mol. The second kappa shape index (κ2) is 11.8. The number of anilines is 1. The van der Waals surface area contributed by atoms with Crippen LogP contribution in [0.4, 0.5) is 14.5 Å². The number of benzene rings is 2. The van der Waals surface area contributed by atoms with E-state index < -0.39 is 22.8 Å². The fourth-order valence-corrected chi connectivity index (χ4v) is 4.05. The Morgan fingerprint density at radius 1 is 1.09 bits per heavy atom. The lowest BCUT2D eigenvalue weighted by Crippen LogP contribution is -2.23. The number of carbonyl (C=O) groups is 1. The second-order valence-electron chi connectivity index (χ2n) is 7.25. The minimum atomic E-state index is -0.843. The molecule has 11 heteroatoms. The van der Waals surface area contributed by atoms with E-state index in [-0.39, 0.29) is 5.69 Å². The number of halogens is 2. The average Bonchev–Trinajstić information content (AvgIpc) is 3.22. The van der Waals surface area contributed by atoms with Gasteiger partial charge in [0.25, 0.3) is 0 Å². The van der Waals surface area contributed by atoms with Gasteiger partial charge in [-0.2, -0.15) is 0 Å². The highest BCUT2D eigenvalue weighted by molar-refractivity contribution is 8.00. The van der Waals surface area contributed by atoms with E-state index in [4.69, 9.17) is 14.2 Å². The fourth-order valence-electron chi connectivity index (χ4n) is 3.17. The number of methoxy groups -OCH3 is 3. The van der Waals surface area contributed by atoms with E-state index in [2.05, 4.69) is 15.5 Å². The number of ether oxygens (including phenoxy) is 3.